The fourth-order valence-corrected chi connectivity index (χ4v) is 11.4. The number of hydrogen-bond acceptors (Lipinski definition) is 7. The zero-order valence-corrected chi connectivity index (χ0v) is 29.7. The van der Waals surface area contributed by atoms with E-state index in [1.807, 2.05) is 11.3 Å². The van der Waals surface area contributed by atoms with Gasteiger partial charge in [0.05, 0.1) is 19.5 Å². The molecule has 0 unspecified atom stereocenters. The van der Waals surface area contributed by atoms with Gasteiger partial charge in [0.25, 0.3) is 0 Å². The second-order valence-corrected chi connectivity index (χ2v) is 15.9. The van der Waals surface area contributed by atoms with E-state index in [1.165, 1.54) is 52.8 Å². The molecule has 2 aliphatic heterocycles. The summed E-state index contributed by atoms with van der Waals surface area (Å²) < 4.78 is 27.9. The fourth-order valence-electron chi connectivity index (χ4n) is 7.69. The smallest absolute Gasteiger partial charge is 0.180 e. The molecule has 0 fully saturated rings. The van der Waals surface area contributed by atoms with Crippen LogP contribution in [0.5, 0.6) is 23.0 Å². The number of benzene rings is 6. The topological polar surface area (TPSA) is 36.9 Å². The molecule has 0 saturated carbocycles. The van der Waals surface area contributed by atoms with Gasteiger partial charge in [0.1, 0.15) is 26.4 Å². The minimum atomic E-state index is 0.538. The summed E-state index contributed by atoms with van der Waals surface area (Å²) in [5.41, 5.74) is 4.63. The van der Waals surface area contributed by atoms with Crippen molar-refractivity contribution in [2.24, 2.45) is 0 Å². The first-order valence-corrected chi connectivity index (χ1v) is 19.5. The summed E-state index contributed by atoms with van der Waals surface area (Å²) in [4.78, 5) is 4.44. The first-order chi connectivity index (χ1) is 25.3. The van der Waals surface area contributed by atoms with E-state index in [0.717, 1.165) is 53.6 Å². The molecular formula is C44H28O4S3. The Morgan fingerprint density at radius 2 is 0.706 bits per heavy atom. The molecule has 5 heterocycles. The third kappa shape index (κ3) is 4.48. The second-order valence-electron chi connectivity index (χ2n) is 12.8. The van der Waals surface area contributed by atoms with Crippen molar-refractivity contribution < 1.29 is 18.9 Å². The van der Waals surface area contributed by atoms with E-state index in [4.69, 9.17) is 18.9 Å². The molecule has 7 heteroatoms. The van der Waals surface area contributed by atoms with Crippen molar-refractivity contribution in [2.75, 3.05) is 26.4 Å². The van der Waals surface area contributed by atoms with Crippen molar-refractivity contribution in [1.29, 1.82) is 0 Å². The molecule has 9 aromatic rings. The van der Waals surface area contributed by atoms with Gasteiger partial charge >= 0.3 is 0 Å². The number of fused-ring (bicyclic) bond motifs is 9. The lowest BCUT2D eigenvalue weighted by Gasteiger charge is -2.18. The predicted molar refractivity (Wildman–Crippen MR) is 214 cm³/mol. The Bertz CT molecular complexity index is 2620. The Balaban J connectivity index is 1.18. The molecule has 0 bridgehead atoms. The number of ether oxygens (including phenoxy) is 4. The Morgan fingerprint density at radius 1 is 0.353 bits per heavy atom. The van der Waals surface area contributed by atoms with Crippen LogP contribution in [0.2, 0.25) is 0 Å². The van der Waals surface area contributed by atoms with Crippen molar-refractivity contribution in [1.82, 2.24) is 0 Å². The van der Waals surface area contributed by atoms with Gasteiger partial charge in [-0.05, 0) is 44.8 Å². The molecular weight excluding hydrogens is 689 g/mol. The SMILES string of the molecule is c1ccc(-c2sc(-c3cc4sc5cc(-c6sc(-c7ccccc7)c7c6OCCO7)c6ccccc6c5c4c4ccccc34)c3c2OCCO3)cc1. The molecule has 246 valence electrons. The van der Waals surface area contributed by atoms with Gasteiger partial charge in [0, 0.05) is 31.3 Å². The zero-order valence-electron chi connectivity index (χ0n) is 27.2. The highest BCUT2D eigenvalue weighted by atomic mass is 32.1. The number of thiophene rings is 3. The highest BCUT2D eigenvalue weighted by Gasteiger charge is 2.30. The van der Waals surface area contributed by atoms with Crippen molar-refractivity contribution in [3.05, 3.63) is 121 Å². The zero-order chi connectivity index (χ0) is 33.5. The Labute approximate surface area is 305 Å². The van der Waals surface area contributed by atoms with Gasteiger partial charge < -0.3 is 18.9 Å². The first kappa shape index (κ1) is 29.4. The summed E-state index contributed by atoms with van der Waals surface area (Å²) in [5, 5.41) is 7.49. The van der Waals surface area contributed by atoms with Crippen LogP contribution >= 0.6 is 34.0 Å². The van der Waals surface area contributed by atoms with Gasteiger partial charge in [-0.1, -0.05) is 109 Å². The van der Waals surface area contributed by atoms with Crippen LogP contribution in [0.4, 0.5) is 0 Å². The van der Waals surface area contributed by atoms with Gasteiger partial charge in [-0.25, -0.2) is 0 Å². The predicted octanol–water partition coefficient (Wildman–Crippen LogP) is 12.7. The normalized spacial score (nSPS) is 13.8. The van der Waals surface area contributed by atoms with E-state index in [-0.39, 0.29) is 0 Å². The molecule has 4 nitrogen and oxygen atoms in total. The van der Waals surface area contributed by atoms with E-state index < -0.39 is 0 Å². The van der Waals surface area contributed by atoms with E-state index in [0.29, 0.717) is 26.4 Å². The van der Waals surface area contributed by atoms with Crippen molar-refractivity contribution in [3.63, 3.8) is 0 Å². The van der Waals surface area contributed by atoms with Crippen LogP contribution in [0.25, 0.3) is 83.5 Å². The van der Waals surface area contributed by atoms with Crippen LogP contribution < -0.4 is 18.9 Å². The van der Waals surface area contributed by atoms with Crippen molar-refractivity contribution >= 4 is 75.7 Å². The summed E-state index contributed by atoms with van der Waals surface area (Å²) in [7, 11) is 0. The summed E-state index contributed by atoms with van der Waals surface area (Å²) in [5.74, 6) is 3.40. The summed E-state index contributed by atoms with van der Waals surface area (Å²) >= 11 is 5.37. The Hall–Kier alpha value is -5.34. The highest BCUT2D eigenvalue weighted by molar-refractivity contribution is 7.26. The lowest BCUT2D eigenvalue weighted by Crippen LogP contribution is -2.14. The van der Waals surface area contributed by atoms with Gasteiger partial charge in [0.15, 0.2) is 23.0 Å². The molecule has 2 aliphatic rings. The van der Waals surface area contributed by atoms with Crippen LogP contribution in [0.3, 0.4) is 0 Å². The molecule has 11 rings (SSSR count). The molecule has 0 spiro atoms. The van der Waals surface area contributed by atoms with E-state index in [1.54, 1.807) is 22.7 Å². The molecule has 0 saturated heterocycles. The van der Waals surface area contributed by atoms with E-state index in [2.05, 4.69) is 121 Å². The molecule has 3 aromatic heterocycles. The third-order valence-electron chi connectivity index (χ3n) is 9.85. The fraction of sp³-hybridized carbons (Fsp3) is 0.0909. The summed E-state index contributed by atoms with van der Waals surface area (Å²) in [6, 6.07) is 43.4. The first-order valence-electron chi connectivity index (χ1n) is 17.1. The van der Waals surface area contributed by atoms with Gasteiger partial charge in [-0.3, -0.25) is 0 Å². The number of hydrogen-bond donors (Lipinski definition) is 0. The molecule has 0 N–H and O–H groups in total. The third-order valence-corrected chi connectivity index (χ3v) is 13.4. The van der Waals surface area contributed by atoms with E-state index >= 15 is 0 Å². The minimum absolute atomic E-state index is 0.538. The van der Waals surface area contributed by atoms with Crippen LogP contribution in [-0.2, 0) is 0 Å². The average Bonchev–Trinajstić information content (AvgIpc) is 3.90. The molecule has 0 atom stereocenters. The average molecular weight is 717 g/mol. The van der Waals surface area contributed by atoms with Crippen molar-refractivity contribution in [3.8, 4) is 64.8 Å². The summed E-state index contributed by atoms with van der Waals surface area (Å²) in [6.07, 6.45) is 0. The molecule has 51 heavy (non-hydrogen) atoms. The largest absolute Gasteiger partial charge is 0.485 e. The minimum Gasteiger partial charge on any atom is -0.485 e. The molecule has 0 radical (unpaired) electrons. The van der Waals surface area contributed by atoms with Crippen LogP contribution in [0, 0.1) is 0 Å². The second kappa shape index (κ2) is 11.6. The van der Waals surface area contributed by atoms with E-state index in [9.17, 15) is 0 Å². The quantitative estimate of drug-likeness (QED) is 0.182. The van der Waals surface area contributed by atoms with Gasteiger partial charge in [-0.2, -0.15) is 0 Å². The maximum absolute atomic E-state index is 6.40. The lowest BCUT2D eigenvalue weighted by atomic mass is 9.94. The van der Waals surface area contributed by atoms with Crippen LogP contribution in [0.1, 0.15) is 0 Å². The van der Waals surface area contributed by atoms with Gasteiger partial charge in [-0.15, -0.1) is 34.0 Å². The number of rotatable bonds is 4. The molecule has 0 aliphatic carbocycles. The lowest BCUT2D eigenvalue weighted by molar-refractivity contribution is 0.175. The van der Waals surface area contributed by atoms with Gasteiger partial charge in [0.2, 0.25) is 0 Å². The Morgan fingerprint density at radius 3 is 1.12 bits per heavy atom. The maximum Gasteiger partial charge on any atom is 0.180 e. The monoisotopic (exact) mass is 716 g/mol. The standard InChI is InChI=1S/C44H28O4S3/c1-3-11-25(12-4-1)41-37-39(47-21-19-45-37)43(50-41)31-23-33-35(29-17-9-7-15-27(29)31)36-30-18-10-8-16-28(30)32(24-34(36)49-33)44-40-38(46-20-22-48-40)42(51-44)26-13-5-2-6-14-26/h1-18,23-24H,19-22H2. The van der Waals surface area contributed by atoms with Crippen LogP contribution in [0.15, 0.2) is 121 Å². The summed E-state index contributed by atoms with van der Waals surface area (Å²) in [6.45, 7) is 2.17. The van der Waals surface area contributed by atoms with Crippen LogP contribution in [-0.4, -0.2) is 26.4 Å². The molecule has 0 amide bonds. The van der Waals surface area contributed by atoms with Crippen molar-refractivity contribution in [2.45, 2.75) is 0 Å². The maximum atomic E-state index is 6.40. The highest BCUT2D eigenvalue weighted by Crippen LogP contribution is 2.58. The molecule has 6 aromatic carbocycles. The Kier molecular flexibility index (Phi) is 6.69.